The molecule has 2 aromatic rings. The molecule has 6 unspecified atom stereocenters. The molecule has 2 N–H and O–H groups in total. The third kappa shape index (κ3) is 4.43. The Morgan fingerprint density at radius 3 is 2.17 bits per heavy atom. The van der Waals surface area contributed by atoms with Crippen molar-refractivity contribution in [2.45, 2.75) is 34.9 Å². The van der Waals surface area contributed by atoms with Gasteiger partial charge in [-0.05, 0) is 59.0 Å². The minimum atomic E-state index is -2.75. The summed E-state index contributed by atoms with van der Waals surface area (Å²) in [5.41, 5.74) is -1.68. The van der Waals surface area contributed by atoms with Crippen molar-refractivity contribution in [3.63, 3.8) is 0 Å². The first-order chi connectivity index (χ1) is 22.4. The topological polar surface area (TPSA) is 142 Å². The van der Waals surface area contributed by atoms with Crippen LogP contribution in [0.15, 0.2) is 23.8 Å². The van der Waals surface area contributed by atoms with Gasteiger partial charge in [-0.15, -0.1) is 23.2 Å². The number of amides is 4. The lowest BCUT2D eigenvalue weighted by molar-refractivity contribution is -0.142. The van der Waals surface area contributed by atoms with E-state index in [-0.39, 0.29) is 37.5 Å². The van der Waals surface area contributed by atoms with Crippen molar-refractivity contribution in [3.8, 4) is 11.5 Å². The lowest BCUT2D eigenvalue weighted by Crippen LogP contribution is -2.60. The summed E-state index contributed by atoms with van der Waals surface area (Å²) in [7, 11) is 1.20. The van der Waals surface area contributed by atoms with Gasteiger partial charge in [0.2, 0.25) is 17.6 Å². The Hall–Kier alpha value is -3.51. The van der Waals surface area contributed by atoms with E-state index in [1.54, 1.807) is 22.6 Å². The molecule has 254 valence electrons. The molecular formula is C30H20Cl2F5IN2O8. The monoisotopic (exact) mass is 828 g/mol. The minimum Gasteiger partial charge on any atom is -0.504 e. The predicted molar refractivity (Wildman–Crippen MR) is 163 cm³/mol. The fraction of sp³-hybridized carbons (Fsp3) is 0.367. The summed E-state index contributed by atoms with van der Waals surface area (Å²) >= 11 is 15.8. The molecule has 48 heavy (non-hydrogen) atoms. The molecule has 4 aliphatic rings. The van der Waals surface area contributed by atoms with E-state index in [1.165, 1.54) is 25.3 Å². The standard InChI is InChI=1S/C30H20Cl2F5IN2O8/c1-48-14-7-9(6-13(38)24(14)43)17-10-2-3-11-16(26(45)39(25(11)44)5-4-15(41)42)12(10)8-29(31)27(46)40(28(47)30(17,29)32)23-21(36)19(34)18(33)20(35)22(23)37/h2,6-7,11-12,16-17,43H,3-5,8H2,1H3,(H,41,42). The molecule has 0 radical (unpaired) electrons. The molecule has 2 aliphatic heterocycles. The zero-order chi connectivity index (χ0) is 35.4. The van der Waals surface area contributed by atoms with E-state index in [4.69, 9.17) is 33.0 Å². The third-order valence-electron chi connectivity index (χ3n) is 9.47. The van der Waals surface area contributed by atoms with Crippen LogP contribution in [0.4, 0.5) is 27.6 Å². The van der Waals surface area contributed by atoms with Crippen LogP contribution in [0, 0.1) is 50.4 Å². The number of carboxylic acids is 1. The average molecular weight is 829 g/mol. The molecule has 2 aromatic carbocycles. The Bertz CT molecular complexity index is 1890. The summed E-state index contributed by atoms with van der Waals surface area (Å²) in [6.45, 7) is -0.463. The quantitative estimate of drug-likeness (QED) is 0.0810. The number of aromatic hydroxyl groups is 1. The number of likely N-dealkylation sites (tertiary alicyclic amines) is 1. The second-order valence-corrected chi connectivity index (χ2v) is 14.1. The number of aliphatic carboxylic acids is 1. The molecule has 6 atom stereocenters. The second-order valence-electron chi connectivity index (χ2n) is 11.7. The van der Waals surface area contributed by atoms with Crippen molar-refractivity contribution in [1.82, 2.24) is 4.90 Å². The van der Waals surface area contributed by atoms with Crippen LogP contribution in [0.25, 0.3) is 0 Å². The number of methoxy groups -OCH3 is 1. The van der Waals surface area contributed by atoms with Crippen LogP contribution in [0.5, 0.6) is 11.5 Å². The minimum absolute atomic E-state index is 0.0448. The number of anilines is 1. The van der Waals surface area contributed by atoms with Gasteiger partial charge in [0.15, 0.2) is 44.5 Å². The van der Waals surface area contributed by atoms with Gasteiger partial charge >= 0.3 is 5.97 Å². The molecule has 1 saturated carbocycles. The van der Waals surface area contributed by atoms with E-state index in [2.05, 4.69) is 0 Å². The number of rotatable bonds is 6. The SMILES string of the molecule is COc1cc(C2C3=CCC4C(=O)N(CCC(=O)O)C(=O)C4C3CC3(Cl)C(=O)N(c4c(F)c(F)c(F)c(F)c4F)C(=O)C23Cl)cc(I)c1O. The number of carbonyl (C=O) groups is 5. The van der Waals surface area contributed by atoms with Crippen molar-refractivity contribution < 1.29 is 60.9 Å². The Morgan fingerprint density at radius 1 is 0.979 bits per heavy atom. The van der Waals surface area contributed by atoms with Crippen LogP contribution in [-0.4, -0.2) is 68.1 Å². The molecule has 0 aromatic heterocycles. The van der Waals surface area contributed by atoms with Crippen molar-refractivity contribution >= 4 is 81.1 Å². The normalized spacial score (nSPS) is 29.6. The summed E-state index contributed by atoms with van der Waals surface area (Å²) in [6, 6.07) is 2.57. The van der Waals surface area contributed by atoms with Crippen LogP contribution in [-0.2, 0) is 24.0 Å². The first-order valence-electron chi connectivity index (χ1n) is 14.1. The van der Waals surface area contributed by atoms with Gasteiger partial charge in [0.1, 0.15) is 5.69 Å². The number of hydrogen-bond acceptors (Lipinski definition) is 7. The predicted octanol–water partition coefficient (Wildman–Crippen LogP) is 4.74. The summed E-state index contributed by atoms with van der Waals surface area (Å²) in [6.07, 6.45) is 0.105. The Kier molecular flexibility index (Phi) is 8.26. The van der Waals surface area contributed by atoms with E-state index in [0.29, 0.717) is 0 Å². The first-order valence-corrected chi connectivity index (χ1v) is 15.9. The molecule has 2 saturated heterocycles. The fourth-order valence-corrected chi connectivity index (χ4v) is 8.91. The van der Waals surface area contributed by atoms with Gasteiger partial charge in [-0.2, -0.15) is 0 Å². The van der Waals surface area contributed by atoms with Crippen molar-refractivity contribution in [3.05, 3.63) is 62.0 Å². The summed E-state index contributed by atoms with van der Waals surface area (Å²) in [5, 5.41) is 19.7. The van der Waals surface area contributed by atoms with Crippen molar-refractivity contribution in [2.24, 2.45) is 17.8 Å². The largest absolute Gasteiger partial charge is 0.504 e. The smallest absolute Gasteiger partial charge is 0.305 e. The zero-order valence-corrected chi connectivity index (χ0v) is 27.8. The van der Waals surface area contributed by atoms with Crippen LogP contribution in [0.2, 0.25) is 0 Å². The van der Waals surface area contributed by atoms with Gasteiger partial charge in [0.05, 0.1) is 28.9 Å². The van der Waals surface area contributed by atoms with Gasteiger partial charge < -0.3 is 14.9 Å². The summed E-state index contributed by atoms with van der Waals surface area (Å²) < 4.78 is 78.4. The Balaban J connectivity index is 1.59. The second kappa shape index (κ2) is 11.5. The van der Waals surface area contributed by atoms with Gasteiger partial charge in [-0.25, -0.2) is 26.9 Å². The number of halogens is 8. The van der Waals surface area contributed by atoms with E-state index < -0.39 is 117 Å². The number of imide groups is 2. The zero-order valence-electron chi connectivity index (χ0n) is 24.1. The third-order valence-corrected chi connectivity index (χ3v) is 11.7. The number of nitrogens with zero attached hydrogens (tertiary/aromatic N) is 2. The lowest BCUT2D eigenvalue weighted by atomic mass is 9.56. The van der Waals surface area contributed by atoms with E-state index in [1.807, 2.05) is 0 Å². The average Bonchev–Trinajstić information content (AvgIpc) is 3.37. The highest BCUT2D eigenvalue weighted by molar-refractivity contribution is 14.1. The number of alkyl halides is 2. The maximum absolute atomic E-state index is 15.1. The molecule has 0 bridgehead atoms. The fourth-order valence-electron chi connectivity index (χ4n) is 7.35. The van der Waals surface area contributed by atoms with Crippen LogP contribution >= 0.6 is 45.8 Å². The highest BCUT2D eigenvalue weighted by Crippen LogP contribution is 2.66. The maximum atomic E-state index is 15.1. The number of carbonyl (C=O) groups excluding carboxylic acids is 4. The van der Waals surface area contributed by atoms with Gasteiger partial charge in [-0.3, -0.25) is 28.9 Å². The molecule has 10 nitrogen and oxygen atoms in total. The number of carboxylic acid groups (broad SMARTS) is 1. The maximum Gasteiger partial charge on any atom is 0.305 e. The number of benzene rings is 2. The molecule has 18 heteroatoms. The van der Waals surface area contributed by atoms with E-state index in [0.717, 1.165) is 4.90 Å². The highest BCUT2D eigenvalue weighted by atomic mass is 127. The molecule has 6 rings (SSSR count). The van der Waals surface area contributed by atoms with Gasteiger partial charge in [0.25, 0.3) is 11.8 Å². The van der Waals surface area contributed by atoms with Crippen LogP contribution in [0.3, 0.4) is 0 Å². The molecule has 2 heterocycles. The number of ether oxygens (including phenoxy) is 1. The van der Waals surface area contributed by atoms with Crippen LogP contribution in [0.1, 0.15) is 30.7 Å². The van der Waals surface area contributed by atoms with E-state index in [9.17, 15) is 42.3 Å². The number of hydrogen-bond donors (Lipinski definition) is 2. The number of phenolic OH excluding ortho intramolecular Hbond substituents is 1. The Morgan fingerprint density at radius 2 is 1.58 bits per heavy atom. The Labute approximate surface area is 290 Å². The summed E-state index contributed by atoms with van der Waals surface area (Å²) in [4.78, 5) is 61.8. The van der Waals surface area contributed by atoms with E-state index >= 15 is 8.78 Å². The molecule has 2 aliphatic carbocycles. The molecule has 3 fully saturated rings. The molecular weight excluding hydrogens is 809 g/mol. The lowest BCUT2D eigenvalue weighted by Gasteiger charge is -2.50. The highest BCUT2D eigenvalue weighted by Gasteiger charge is 2.77. The summed E-state index contributed by atoms with van der Waals surface area (Å²) in [5.74, 6) is -24.0. The van der Waals surface area contributed by atoms with Crippen molar-refractivity contribution in [1.29, 1.82) is 0 Å². The van der Waals surface area contributed by atoms with Gasteiger partial charge in [-0.1, -0.05) is 11.6 Å². The van der Waals surface area contributed by atoms with Gasteiger partial charge in [0, 0.05) is 12.5 Å². The van der Waals surface area contributed by atoms with Crippen molar-refractivity contribution in [2.75, 3.05) is 18.6 Å². The molecule has 4 amide bonds. The first kappa shape index (κ1) is 34.4. The number of allylic oxidation sites excluding steroid dienone is 2. The van der Waals surface area contributed by atoms with Crippen LogP contribution < -0.4 is 9.64 Å². The molecule has 0 spiro atoms. The number of fused-ring (bicyclic) bond motifs is 4. The number of phenols is 1.